The largest absolute Gasteiger partial charge is 1.00 e. The Morgan fingerprint density at radius 1 is 1.10 bits per heavy atom. The normalized spacial score (nSPS) is 11.9. The molecule has 5 nitrogen and oxygen atoms in total. The van der Waals surface area contributed by atoms with Gasteiger partial charge in [0.2, 0.25) is 5.78 Å². The van der Waals surface area contributed by atoms with E-state index in [0.29, 0.717) is 5.56 Å². The van der Waals surface area contributed by atoms with E-state index in [-0.39, 0.29) is 71.3 Å². The van der Waals surface area contributed by atoms with Crippen molar-refractivity contribution in [1.82, 2.24) is 0 Å². The van der Waals surface area contributed by atoms with Gasteiger partial charge in [-0.05, 0) is 24.1 Å². The quantitative estimate of drug-likeness (QED) is 0.312. The van der Waals surface area contributed by atoms with Gasteiger partial charge in [0.1, 0.15) is 0 Å². The summed E-state index contributed by atoms with van der Waals surface area (Å²) >= 11 is 0. The van der Waals surface area contributed by atoms with Crippen LogP contribution in [0.1, 0.15) is 16.1 Å². The van der Waals surface area contributed by atoms with Crippen LogP contribution in [-0.2, 0) is 11.0 Å². The number of Topliss-reactive ketones (excluding diaryl/α,β-unsaturated/α-hetero) is 1. The van der Waals surface area contributed by atoms with E-state index >= 15 is 0 Å². The second-order valence-electron chi connectivity index (χ2n) is 4.09. The molecule has 8 heteroatoms. The molecule has 1 heterocycles. The zero-order chi connectivity index (χ0) is 13.9. The molecule has 21 heavy (non-hydrogen) atoms. The first-order valence-corrected chi connectivity index (χ1v) is 7.23. The average Bonchev–Trinajstić information content (AvgIpc) is 2.89. The van der Waals surface area contributed by atoms with Crippen molar-refractivity contribution in [1.29, 1.82) is 0 Å². The maximum atomic E-state index is 12.0. The summed E-state index contributed by atoms with van der Waals surface area (Å²) < 4.78 is 16.1. The maximum absolute atomic E-state index is 12.0. The van der Waals surface area contributed by atoms with Crippen LogP contribution in [0.3, 0.4) is 0 Å². The maximum Gasteiger partial charge on any atom is 1.00 e. The number of hydrogen-bond acceptors (Lipinski definition) is 5. The van der Waals surface area contributed by atoms with E-state index in [1.807, 2.05) is 0 Å². The zero-order valence-corrected chi connectivity index (χ0v) is 16.8. The monoisotopic (exact) mass is 324 g/mol. The summed E-state index contributed by atoms with van der Waals surface area (Å²) in [5.41, 5.74) is -1.03. The smallest absolute Gasteiger partial charge is 0.810 e. The minimum absolute atomic E-state index is 0. The first-order valence-electron chi connectivity index (χ1n) is 5.62. The minimum atomic E-state index is -5.05. The summed E-state index contributed by atoms with van der Waals surface area (Å²) in [6.45, 7) is 0. The van der Waals surface area contributed by atoms with Crippen molar-refractivity contribution in [2.45, 2.75) is 12.1 Å². The molecule has 1 aromatic heterocycles. The van der Waals surface area contributed by atoms with Crippen LogP contribution in [0, 0.1) is 0 Å². The molecule has 0 saturated heterocycles. The molecule has 0 aliphatic heterocycles. The van der Waals surface area contributed by atoms with Gasteiger partial charge in [0.05, 0.1) is 11.9 Å². The Kier molecular flexibility index (Phi) is 9.60. The third-order valence-corrected chi connectivity index (χ3v) is 3.90. The Labute approximate surface area is 166 Å². The van der Waals surface area contributed by atoms with Crippen molar-refractivity contribution in [2.24, 2.45) is 0 Å². The summed E-state index contributed by atoms with van der Waals surface area (Å²) in [7, 11) is -5.05. The van der Waals surface area contributed by atoms with Gasteiger partial charge in [0.25, 0.3) is 0 Å². The van der Waals surface area contributed by atoms with Crippen molar-refractivity contribution in [3.8, 4) is 0 Å². The Morgan fingerprint density at radius 2 is 1.71 bits per heavy atom. The molecule has 1 aromatic carbocycles. The van der Waals surface area contributed by atoms with E-state index in [9.17, 15) is 19.1 Å². The van der Waals surface area contributed by atoms with Crippen molar-refractivity contribution >= 4 is 13.4 Å². The molecule has 0 saturated carbocycles. The van der Waals surface area contributed by atoms with E-state index in [1.54, 1.807) is 30.3 Å². The molecule has 0 N–H and O–H groups in total. The van der Waals surface area contributed by atoms with Crippen molar-refractivity contribution in [3.63, 3.8) is 0 Å². The number of carbonyl (C=O) groups is 1. The van der Waals surface area contributed by atoms with Crippen LogP contribution in [0.5, 0.6) is 0 Å². The van der Waals surface area contributed by atoms with Gasteiger partial charge in [0, 0.05) is 0 Å². The van der Waals surface area contributed by atoms with E-state index < -0.39 is 19.0 Å². The fraction of sp³-hybridized carbons (Fsp3) is 0.154. The number of rotatable bonds is 5. The van der Waals surface area contributed by atoms with E-state index in [4.69, 9.17) is 4.42 Å². The SMILES string of the molecule is O=C(c1ccco1)C(Cc1ccccc1)P(=O)([O-])[O-].[Na+].[Na+]. The second-order valence-corrected chi connectivity index (χ2v) is 5.79. The van der Waals surface area contributed by atoms with Gasteiger partial charge in [0.15, 0.2) is 5.76 Å². The van der Waals surface area contributed by atoms with Crippen LogP contribution in [0.15, 0.2) is 53.1 Å². The van der Waals surface area contributed by atoms with Gasteiger partial charge < -0.3 is 18.8 Å². The predicted molar refractivity (Wildman–Crippen MR) is 64.6 cm³/mol. The fourth-order valence-corrected chi connectivity index (χ4v) is 2.62. The number of furan rings is 1. The summed E-state index contributed by atoms with van der Waals surface area (Å²) in [4.78, 5) is 34.6. The molecular weight excluding hydrogens is 313 g/mol. The summed E-state index contributed by atoms with van der Waals surface area (Å²) in [5, 5.41) is 0. The van der Waals surface area contributed by atoms with Crippen LogP contribution in [0.2, 0.25) is 0 Å². The zero-order valence-electron chi connectivity index (χ0n) is 11.9. The molecule has 2 aromatic rings. The molecule has 2 rings (SSSR count). The number of benzene rings is 1. The minimum Gasteiger partial charge on any atom is -0.810 e. The third kappa shape index (κ3) is 6.14. The predicted octanol–water partition coefficient (Wildman–Crippen LogP) is -5.00. The van der Waals surface area contributed by atoms with Crippen molar-refractivity contribution < 1.29 is 82.7 Å². The van der Waals surface area contributed by atoms with Crippen LogP contribution in [-0.4, -0.2) is 11.4 Å². The van der Waals surface area contributed by atoms with Gasteiger partial charge in [-0.3, -0.25) is 4.79 Å². The van der Waals surface area contributed by atoms with E-state index in [2.05, 4.69) is 0 Å². The van der Waals surface area contributed by atoms with Gasteiger partial charge >= 0.3 is 59.1 Å². The first-order chi connectivity index (χ1) is 8.98. The molecule has 1 atom stereocenters. The van der Waals surface area contributed by atoms with Crippen LogP contribution in [0.4, 0.5) is 0 Å². The molecule has 0 bridgehead atoms. The topological polar surface area (TPSA) is 93.4 Å². The van der Waals surface area contributed by atoms with E-state index in [0.717, 1.165) is 0 Å². The van der Waals surface area contributed by atoms with Crippen LogP contribution < -0.4 is 68.9 Å². The molecule has 0 aliphatic carbocycles. The Hall–Kier alpha value is 0.320. The molecule has 0 spiro atoms. The van der Waals surface area contributed by atoms with Crippen LogP contribution in [0.25, 0.3) is 0 Å². The number of carbonyl (C=O) groups excluding carboxylic acids is 1. The summed E-state index contributed by atoms with van der Waals surface area (Å²) in [6, 6.07) is 11.3. The molecule has 1 unspecified atom stereocenters. The molecule has 0 amide bonds. The number of hydrogen-bond donors (Lipinski definition) is 0. The standard InChI is InChI=1S/C13H13O5P.2Na/c14-13(11-7-4-8-18-11)12(19(15,16)17)9-10-5-2-1-3-6-10;;/h1-8,12H,9H2,(H2,15,16,17);;/q;2*+1/p-2. The fourth-order valence-electron chi connectivity index (χ4n) is 1.77. The molecule has 0 aliphatic rings. The molecule has 100 valence electrons. The molecular formula is C13H11Na2O5P. The van der Waals surface area contributed by atoms with E-state index in [1.165, 1.54) is 18.4 Å². The average molecular weight is 324 g/mol. The number of ketones is 1. The van der Waals surface area contributed by atoms with Crippen LogP contribution >= 0.6 is 7.60 Å². The third-order valence-electron chi connectivity index (χ3n) is 2.72. The molecule has 0 fully saturated rings. The summed E-state index contributed by atoms with van der Waals surface area (Å²) in [6.07, 6.45) is 1.11. The van der Waals surface area contributed by atoms with Gasteiger partial charge in [-0.2, -0.15) is 0 Å². The van der Waals surface area contributed by atoms with Crippen molar-refractivity contribution in [3.05, 3.63) is 60.1 Å². The Balaban J connectivity index is 0.00000200. The van der Waals surface area contributed by atoms with Gasteiger partial charge in [-0.1, -0.05) is 37.9 Å². The summed E-state index contributed by atoms with van der Waals surface area (Å²) in [5.74, 6) is -0.921. The first kappa shape index (κ1) is 21.3. The van der Waals surface area contributed by atoms with Gasteiger partial charge in [-0.25, -0.2) is 0 Å². The van der Waals surface area contributed by atoms with Crippen molar-refractivity contribution in [2.75, 3.05) is 0 Å². The molecule has 0 radical (unpaired) electrons. The van der Waals surface area contributed by atoms with Gasteiger partial charge in [-0.15, -0.1) is 0 Å². The second kappa shape index (κ2) is 9.46. The Bertz CT molecular complexity index is 594. The Morgan fingerprint density at radius 3 is 2.19 bits per heavy atom.